The molecular formula is C23H35IN4OS. The molecule has 30 heavy (non-hydrogen) atoms. The minimum absolute atomic E-state index is 0. The number of hydrogen-bond acceptors (Lipinski definition) is 4. The van der Waals surface area contributed by atoms with Crippen LogP contribution in [0.1, 0.15) is 36.8 Å². The largest absolute Gasteiger partial charge is 0.379 e. The number of rotatable bonds is 8. The zero-order valence-electron chi connectivity index (χ0n) is 18.3. The fourth-order valence-corrected chi connectivity index (χ4v) is 4.19. The van der Waals surface area contributed by atoms with Crippen molar-refractivity contribution in [2.24, 2.45) is 4.99 Å². The highest BCUT2D eigenvalue weighted by Gasteiger charge is 2.21. The standard InChI is InChI=1S/C23H34N4OS.HI/c1-4-24-22(26-18-23(2,3)21-6-5-15-29-21)25-16-19-7-9-20(10-8-19)17-27-11-13-28-14-12-27;/h5-10,15H,4,11-14,16-18H2,1-3H3,(H2,24,25,26);1H. The lowest BCUT2D eigenvalue weighted by Gasteiger charge is -2.26. The third-order valence-electron chi connectivity index (χ3n) is 5.18. The lowest BCUT2D eigenvalue weighted by atomic mass is 9.91. The van der Waals surface area contributed by atoms with Gasteiger partial charge in [-0.25, -0.2) is 4.99 Å². The Morgan fingerprint density at radius 2 is 1.80 bits per heavy atom. The van der Waals surface area contributed by atoms with Crippen molar-refractivity contribution >= 4 is 41.3 Å². The highest BCUT2D eigenvalue weighted by atomic mass is 127. The number of aliphatic imine (C=N–C) groups is 1. The first kappa shape index (κ1) is 25.1. The van der Waals surface area contributed by atoms with E-state index in [4.69, 9.17) is 9.73 Å². The number of guanidine groups is 1. The van der Waals surface area contributed by atoms with Crippen LogP contribution in [-0.4, -0.2) is 50.3 Å². The number of hydrogen-bond donors (Lipinski definition) is 2. The van der Waals surface area contributed by atoms with E-state index in [2.05, 4.69) is 78.1 Å². The Labute approximate surface area is 202 Å². The van der Waals surface area contributed by atoms with E-state index in [0.717, 1.165) is 51.9 Å². The highest BCUT2D eigenvalue weighted by molar-refractivity contribution is 14.0. The van der Waals surface area contributed by atoms with Gasteiger partial charge in [0, 0.05) is 43.0 Å². The SMILES string of the molecule is CCNC(=NCc1ccc(CN2CCOCC2)cc1)NCC(C)(C)c1cccs1.I. The van der Waals surface area contributed by atoms with Crippen LogP contribution < -0.4 is 10.6 Å². The van der Waals surface area contributed by atoms with Crippen LogP contribution in [0.4, 0.5) is 0 Å². The fraction of sp³-hybridized carbons (Fsp3) is 0.522. The smallest absolute Gasteiger partial charge is 0.191 e. The van der Waals surface area contributed by atoms with Crippen LogP contribution in [-0.2, 0) is 23.2 Å². The van der Waals surface area contributed by atoms with Gasteiger partial charge in [0.1, 0.15) is 0 Å². The van der Waals surface area contributed by atoms with Crippen molar-refractivity contribution in [2.75, 3.05) is 39.4 Å². The molecule has 1 aliphatic rings. The fourth-order valence-electron chi connectivity index (χ4n) is 3.34. The van der Waals surface area contributed by atoms with E-state index in [0.29, 0.717) is 6.54 Å². The molecule has 0 radical (unpaired) electrons. The summed E-state index contributed by atoms with van der Waals surface area (Å²) < 4.78 is 5.42. The Morgan fingerprint density at radius 1 is 1.10 bits per heavy atom. The van der Waals surface area contributed by atoms with Crippen molar-refractivity contribution in [2.45, 2.75) is 39.3 Å². The molecule has 1 saturated heterocycles. The maximum Gasteiger partial charge on any atom is 0.191 e. The number of halogens is 1. The number of benzene rings is 1. The molecule has 1 aliphatic heterocycles. The first-order chi connectivity index (χ1) is 14.1. The van der Waals surface area contributed by atoms with E-state index in [1.165, 1.54) is 16.0 Å². The third-order valence-corrected chi connectivity index (χ3v) is 6.42. The first-order valence-electron chi connectivity index (χ1n) is 10.5. The van der Waals surface area contributed by atoms with Crippen LogP contribution in [0.2, 0.25) is 0 Å². The monoisotopic (exact) mass is 542 g/mol. The number of thiophene rings is 1. The van der Waals surface area contributed by atoms with Crippen molar-refractivity contribution < 1.29 is 4.74 Å². The van der Waals surface area contributed by atoms with Gasteiger partial charge in [-0.1, -0.05) is 44.2 Å². The normalized spacial score (nSPS) is 15.5. The summed E-state index contributed by atoms with van der Waals surface area (Å²) in [6.45, 7) is 13.7. The van der Waals surface area contributed by atoms with Crippen LogP contribution in [0.5, 0.6) is 0 Å². The Balaban J connectivity index is 0.00000320. The van der Waals surface area contributed by atoms with Gasteiger partial charge < -0.3 is 15.4 Å². The lowest BCUT2D eigenvalue weighted by Crippen LogP contribution is -2.43. The van der Waals surface area contributed by atoms with Gasteiger partial charge in [-0.3, -0.25) is 4.90 Å². The Hall–Kier alpha value is -1.16. The first-order valence-corrected chi connectivity index (χ1v) is 11.4. The Morgan fingerprint density at radius 3 is 2.43 bits per heavy atom. The van der Waals surface area contributed by atoms with Crippen LogP contribution >= 0.6 is 35.3 Å². The molecule has 2 heterocycles. The molecule has 1 fully saturated rings. The van der Waals surface area contributed by atoms with Gasteiger partial charge in [-0.15, -0.1) is 35.3 Å². The highest BCUT2D eigenvalue weighted by Crippen LogP contribution is 2.26. The van der Waals surface area contributed by atoms with Gasteiger partial charge in [0.25, 0.3) is 0 Å². The van der Waals surface area contributed by atoms with Crippen molar-refractivity contribution in [3.05, 3.63) is 57.8 Å². The second-order valence-electron chi connectivity index (χ2n) is 8.11. The van der Waals surface area contributed by atoms with Gasteiger partial charge in [-0.2, -0.15) is 0 Å². The summed E-state index contributed by atoms with van der Waals surface area (Å²) in [6, 6.07) is 13.1. The van der Waals surface area contributed by atoms with Crippen LogP contribution in [0, 0.1) is 0 Å². The summed E-state index contributed by atoms with van der Waals surface area (Å²) in [5.74, 6) is 0.870. The molecule has 0 saturated carbocycles. The van der Waals surface area contributed by atoms with E-state index < -0.39 is 0 Å². The molecule has 0 unspecified atom stereocenters. The summed E-state index contributed by atoms with van der Waals surface area (Å²) in [6.07, 6.45) is 0. The van der Waals surface area contributed by atoms with Gasteiger partial charge in [-0.05, 0) is 29.5 Å². The maximum atomic E-state index is 5.42. The molecule has 0 bridgehead atoms. The molecule has 2 aromatic rings. The molecule has 5 nitrogen and oxygen atoms in total. The van der Waals surface area contributed by atoms with Gasteiger partial charge in [0.15, 0.2) is 5.96 Å². The maximum absolute atomic E-state index is 5.42. The van der Waals surface area contributed by atoms with Crippen LogP contribution in [0.3, 0.4) is 0 Å². The van der Waals surface area contributed by atoms with E-state index in [9.17, 15) is 0 Å². The van der Waals surface area contributed by atoms with E-state index >= 15 is 0 Å². The van der Waals surface area contributed by atoms with E-state index in [1.807, 2.05) is 11.3 Å². The average Bonchev–Trinajstić information content (AvgIpc) is 3.28. The zero-order chi connectivity index (χ0) is 20.5. The Kier molecular flexibility index (Phi) is 10.6. The summed E-state index contributed by atoms with van der Waals surface area (Å²) in [5, 5.41) is 9.01. The van der Waals surface area contributed by atoms with Crippen molar-refractivity contribution in [3.8, 4) is 0 Å². The number of ether oxygens (including phenoxy) is 1. The number of nitrogens with zero attached hydrogens (tertiary/aromatic N) is 2. The zero-order valence-corrected chi connectivity index (χ0v) is 21.5. The molecule has 7 heteroatoms. The average molecular weight is 543 g/mol. The molecular weight excluding hydrogens is 507 g/mol. The number of morpholine rings is 1. The van der Waals surface area contributed by atoms with Crippen molar-refractivity contribution in [3.63, 3.8) is 0 Å². The molecule has 0 atom stereocenters. The summed E-state index contributed by atoms with van der Waals surface area (Å²) in [5.41, 5.74) is 2.65. The molecule has 1 aromatic heterocycles. The second-order valence-corrected chi connectivity index (χ2v) is 9.06. The molecule has 0 aliphatic carbocycles. The Bertz CT molecular complexity index is 756. The summed E-state index contributed by atoms with van der Waals surface area (Å²) in [7, 11) is 0. The molecule has 3 rings (SSSR count). The summed E-state index contributed by atoms with van der Waals surface area (Å²) in [4.78, 5) is 8.61. The second kappa shape index (κ2) is 12.6. The summed E-state index contributed by atoms with van der Waals surface area (Å²) >= 11 is 1.81. The molecule has 2 N–H and O–H groups in total. The minimum atomic E-state index is 0. The van der Waals surface area contributed by atoms with Gasteiger partial charge >= 0.3 is 0 Å². The quantitative estimate of drug-likeness (QED) is 0.298. The topological polar surface area (TPSA) is 48.9 Å². The third kappa shape index (κ3) is 7.83. The van der Waals surface area contributed by atoms with Crippen LogP contribution in [0.15, 0.2) is 46.8 Å². The molecule has 0 spiro atoms. The molecule has 166 valence electrons. The molecule has 0 amide bonds. The van der Waals surface area contributed by atoms with Crippen LogP contribution in [0.25, 0.3) is 0 Å². The van der Waals surface area contributed by atoms with E-state index in [1.54, 1.807) is 0 Å². The van der Waals surface area contributed by atoms with Crippen molar-refractivity contribution in [1.82, 2.24) is 15.5 Å². The lowest BCUT2D eigenvalue weighted by molar-refractivity contribution is 0.0342. The number of nitrogens with one attached hydrogen (secondary N) is 2. The predicted molar refractivity (Wildman–Crippen MR) is 138 cm³/mol. The predicted octanol–water partition coefficient (Wildman–Crippen LogP) is 4.23. The van der Waals surface area contributed by atoms with E-state index in [-0.39, 0.29) is 29.4 Å². The van der Waals surface area contributed by atoms with Gasteiger partial charge in [0.2, 0.25) is 0 Å². The molecule has 1 aromatic carbocycles. The minimum Gasteiger partial charge on any atom is -0.379 e. The van der Waals surface area contributed by atoms with Crippen molar-refractivity contribution in [1.29, 1.82) is 0 Å². The van der Waals surface area contributed by atoms with Gasteiger partial charge in [0.05, 0.1) is 19.8 Å².